The molecule has 6 nitrogen and oxygen atoms in total. The largest absolute Gasteiger partial charge is 0.366 e. The molecule has 2 aromatic heterocycles. The molecule has 0 atom stereocenters. The Labute approximate surface area is 159 Å². The van der Waals surface area contributed by atoms with Crippen molar-refractivity contribution in [3.63, 3.8) is 0 Å². The fourth-order valence-corrected chi connectivity index (χ4v) is 4.91. The Morgan fingerprint density at radius 1 is 0.852 bits per heavy atom. The molecule has 0 bridgehead atoms. The van der Waals surface area contributed by atoms with Crippen LogP contribution in [0.15, 0.2) is 16.9 Å². The summed E-state index contributed by atoms with van der Waals surface area (Å²) < 4.78 is 1.76. The molecule has 1 N–H and O–H groups in total. The molecule has 1 saturated carbocycles. The number of hydrogen-bond acceptors (Lipinski definition) is 5. The standard InChI is InChI=1S/C21H27N5O/c27-21-13-15-5-3-7-19(15)25-26(21)17-10-8-16(9-11-17)22-20-12-14-4-1-2-6-18(14)23-24-20/h12-13,16-17H,1-11H2,(H,22,24). The number of hydrogen-bond donors (Lipinski definition) is 1. The number of fused-ring (bicyclic) bond motifs is 2. The van der Waals surface area contributed by atoms with Crippen molar-refractivity contribution >= 4 is 5.82 Å². The summed E-state index contributed by atoms with van der Waals surface area (Å²) in [5.74, 6) is 0.909. The van der Waals surface area contributed by atoms with E-state index in [1.54, 1.807) is 4.68 Å². The van der Waals surface area contributed by atoms with Gasteiger partial charge in [0.05, 0.1) is 17.4 Å². The molecule has 3 aliphatic rings. The second kappa shape index (κ2) is 7.06. The average molecular weight is 365 g/mol. The van der Waals surface area contributed by atoms with Gasteiger partial charge in [-0.05, 0) is 87.8 Å². The maximum Gasteiger partial charge on any atom is 0.267 e. The summed E-state index contributed by atoms with van der Waals surface area (Å²) in [5.41, 5.74) is 4.92. The molecule has 0 radical (unpaired) electrons. The number of aromatic nitrogens is 4. The number of aryl methyl sites for hydroxylation is 4. The van der Waals surface area contributed by atoms with Gasteiger partial charge in [-0.3, -0.25) is 4.79 Å². The summed E-state index contributed by atoms with van der Waals surface area (Å²) in [6.07, 6.45) is 11.9. The number of nitrogens with one attached hydrogen (secondary N) is 1. The van der Waals surface area contributed by atoms with Crippen molar-refractivity contribution in [2.45, 2.75) is 82.7 Å². The van der Waals surface area contributed by atoms with Crippen molar-refractivity contribution in [1.29, 1.82) is 0 Å². The molecule has 0 saturated heterocycles. The first-order valence-corrected chi connectivity index (χ1v) is 10.5. The van der Waals surface area contributed by atoms with Gasteiger partial charge in [-0.2, -0.15) is 10.2 Å². The Morgan fingerprint density at radius 3 is 2.48 bits per heavy atom. The van der Waals surface area contributed by atoms with Crippen LogP contribution in [0.1, 0.15) is 73.5 Å². The first-order chi connectivity index (χ1) is 13.3. The van der Waals surface area contributed by atoms with Crippen LogP contribution in [-0.4, -0.2) is 26.0 Å². The summed E-state index contributed by atoms with van der Waals surface area (Å²) in [5, 5.41) is 17.1. The predicted molar refractivity (Wildman–Crippen MR) is 104 cm³/mol. The van der Waals surface area contributed by atoms with E-state index in [0.29, 0.717) is 6.04 Å². The molecule has 0 amide bonds. The van der Waals surface area contributed by atoms with Crippen molar-refractivity contribution in [3.8, 4) is 0 Å². The van der Waals surface area contributed by atoms with Gasteiger partial charge in [-0.15, -0.1) is 5.10 Å². The van der Waals surface area contributed by atoms with Gasteiger partial charge >= 0.3 is 0 Å². The minimum atomic E-state index is 0.0765. The molecular weight excluding hydrogens is 338 g/mol. The van der Waals surface area contributed by atoms with E-state index in [9.17, 15) is 4.79 Å². The number of rotatable bonds is 3. The molecule has 0 aliphatic heterocycles. The summed E-state index contributed by atoms with van der Waals surface area (Å²) >= 11 is 0. The molecule has 1 fully saturated rings. The van der Waals surface area contributed by atoms with E-state index in [-0.39, 0.29) is 11.6 Å². The first kappa shape index (κ1) is 16.9. The van der Waals surface area contributed by atoms with Crippen LogP contribution in [0.2, 0.25) is 0 Å². The molecule has 0 unspecified atom stereocenters. The molecular formula is C21H27N5O. The third-order valence-corrected chi connectivity index (χ3v) is 6.45. The van der Waals surface area contributed by atoms with Gasteiger partial charge in [-0.1, -0.05) is 0 Å². The van der Waals surface area contributed by atoms with Crippen molar-refractivity contribution in [2.75, 3.05) is 5.32 Å². The summed E-state index contributed by atoms with van der Waals surface area (Å²) in [4.78, 5) is 12.5. The summed E-state index contributed by atoms with van der Waals surface area (Å²) in [6.45, 7) is 0. The first-order valence-electron chi connectivity index (χ1n) is 10.5. The SMILES string of the molecule is O=c1cc2c(nn1C1CCC(Nc3cc4c(nn3)CCCC4)CC1)CCC2. The molecule has 142 valence electrons. The van der Waals surface area contributed by atoms with Crippen LogP contribution >= 0.6 is 0 Å². The van der Waals surface area contributed by atoms with Gasteiger partial charge in [0.1, 0.15) is 5.82 Å². The van der Waals surface area contributed by atoms with Crippen LogP contribution in [0, 0.1) is 0 Å². The zero-order chi connectivity index (χ0) is 18.2. The highest BCUT2D eigenvalue weighted by atomic mass is 16.1. The minimum absolute atomic E-state index is 0.0765. The lowest BCUT2D eigenvalue weighted by Gasteiger charge is -2.30. The lowest BCUT2D eigenvalue weighted by Crippen LogP contribution is -2.34. The lowest BCUT2D eigenvalue weighted by atomic mass is 9.91. The number of anilines is 1. The summed E-state index contributed by atoms with van der Waals surface area (Å²) in [6, 6.07) is 4.65. The fourth-order valence-electron chi connectivity index (χ4n) is 4.91. The van der Waals surface area contributed by atoms with Crippen LogP contribution in [0.4, 0.5) is 5.82 Å². The van der Waals surface area contributed by atoms with Crippen LogP contribution < -0.4 is 10.9 Å². The molecule has 0 spiro atoms. The Hall–Kier alpha value is -2.24. The zero-order valence-electron chi connectivity index (χ0n) is 15.8. The second-order valence-electron chi connectivity index (χ2n) is 8.31. The highest BCUT2D eigenvalue weighted by molar-refractivity contribution is 5.40. The lowest BCUT2D eigenvalue weighted by molar-refractivity contribution is 0.301. The molecule has 2 aromatic rings. The van der Waals surface area contributed by atoms with Crippen LogP contribution in [0.5, 0.6) is 0 Å². The van der Waals surface area contributed by atoms with Crippen LogP contribution in [0.25, 0.3) is 0 Å². The van der Waals surface area contributed by atoms with E-state index < -0.39 is 0 Å². The normalized spacial score (nSPS) is 24.3. The predicted octanol–water partition coefficient (Wildman–Crippen LogP) is 3.00. The van der Waals surface area contributed by atoms with Crippen molar-refractivity contribution in [1.82, 2.24) is 20.0 Å². The van der Waals surface area contributed by atoms with Crippen molar-refractivity contribution < 1.29 is 0 Å². The smallest absolute Gasteiger partial charge is 0.267 e. The molecule has 5 rings (SSSR count). The molecule has 3 aliphatic carbocycles. The van der Waals surface area contributed by atoms with E-state index in [2.05, 4.69) is 21.6 Å². The molecule has 0 aromatic carbocycles. The van der Waals surface area contributed by atoms with E-state index in [1.165, 1.54) is 24.1 Å². The van der Waals surface area contributed by atoms with Crippen molar-refractivity contribution in [3.05, 3.63) is 45.0 Å². The fraction of sp³-hybridized carbons (Fsp3) is 0.619. The maximum absolute atomic E-state index is 12.5. The van der Waals surface area contributed by atoms with Gasteiger partial charge in [0.25, 0.3) is 5.56 Å². The third kappa shape index (κ3) is 3.37. The van der Waals surface area contributed by atoms with Gasteiger partial charge in [-0.25, -0.2) is 4.68 Å². The third-order valence-electron chi connectivity index (χ3n) is 6.45. The topological polar surface area (TPSA) is 72.7 Å². The van der Waals surface area contributed by atoms with Gasteiger partial charge in [0.2, 0.25) is 0 Å². The minimum Gasteiger partial charge on any atom is -0.366 e. The highest BCUT2D eigenvalue weighted by Crippen LogP contribution is 2.30. The Bertz CT molecular complexity index is 898. The number of nitrogens with zero attached hydrogens (tertiary/aromatic N) is 4. The second-order valence-corrected chi connectivity index (χ2v) is 8.31. The zero-order valence-corrected chi connectivity index (χ0v) is 15.8. The molecule has 6 heteroatoms. The van der Waals surface area contributed by atoms with Gasteiger partial charge < -0.3 is 5.32 Å². The van der Waals surface area contributed by atoms with Gasteiger partial charge in [0.15, 0.2) is 0 Å². The van der Waals surface area contributed by atoms with Crippen LogP contribution in [0.3, 0.4) is 0 Å². The van der Waals surface area contributed by atoms with E-state index >= 15 is 0 Å². The molecule has 27 heavy (non-hydrogen) atoms. The van der Waals surface area contributed by atoms with Gasteiger partial charge in [0, 0.05) is 12.1 Å². The summed E-state index contributed by atoms with van der Waals surface area (Å²) in [7, 11) is 0. The van der Waals surface area contributed by atoms with Crippen LogP contribution in [-0.2, 0) is 25.7 Å². The monoisotopic (exact) mass is 365 g/mol. The molecule has 2 heterocycles. The van der Waals surface area contributed by atoms with E-state index in [1.807, 2.05) is 6.07 Å². The average Bonchev–Trinajstić information content (AvgIpc) is 3.15. The van der Waals surface area contributed by atoms with E-state index in [0.717, 1.165) is 74.9 Å². The Morgan fingerprint density at radius 2 is 1.59 bits per heavy atom. The quantitative estimate of drug-likeness (QED) is 0.905. The van der Waals surface area contributed by atoms with E-state index in [4.69, 9.17) is 5.10 Å². The Balaban J connectivity index is 1.24. The van der Waals surface area contributed by atoms with Crippen molar-refractivity contribution in [2.24, 2.45) is 0 Å². The Kier molecular flexibility index (Phi) is 4.42. The highest BCUT2D eigenvalue weighted by Gasteiger charge is 2.26. The maximum atomic E-state index is 12.5.